The molecule has 1 aromatic carbocycles. The fourth-order valence-corrected chi connectivity index (χ4v) is 1.57. The van der Waals surface area contributed by atoms with Crippen LogP contribution in [0.25, 0.3) is 0 Å². The van der Waals surface area contributed by atoms with Crippen LogP contribution in [0.5, 0.6) is 17.2 Å². The van der Waals surface area contributed by atoms with Gasteiger partial charge in [0.15, 0.2) is 11.5 Å². The van der Waals surface area contributed by atoms with Gasteiger partial charge in [0.2, 0.25) is 5.75 Å². The van der Waals surface area contributed by atoms with Crippen LogP contribution in [0, 0.1) is 0 Å². The van der Waals surface area contributed by atoms with E-state index in [2.05, 4.69) is 4.99 Å². The highest BCUT2D eigenvalue weighted by Gasteiger charge is 2.16. The average Bonchev–Trinajstić information content (AvgIpc) is 2.44. The summed E-state index contributed by atoms with van der Waals surface area (Å²) in [5, 5.41) is 0. The van der Waals surface area contributed by atoms with E-state index in [-0.39, 0.29) is 5.91 Å². The molecule has 20 heavy (non-hydrogen) atoms. The number of nitrogens with zero attached hydrogens (tertiary/aromatic N) is 2. The van der Waals surface area contributed by atoms with Gasteiger partial charge in [-0.1, -0.05) is 0 Å². The fraction of sp³-hybridized carbons (Fsp3) is 0.429. The molecule has 6 heteroatoms. The summed E-state index contributed by atoms with van der Waals surface area (Å²) in [5.74, 6) is 0.950. The third-order valence-corrected chi connectivity index (χ3v) is 2.57. The van der Waals surface area contributed by atoms with E-state index in [1.807, 2.05) is 19.0 Å². The van der Waals surface area contributed by atoms with Crippen molar-refractivity contribution < 1.29 is 19.0 Å². The minimum atomic E-state index is -0.355. The smallest absolute Gasteiger partial charge is 0.276 e. The molecule has 1 amide bonds. The van der Waals surface area contributed by atoms with Gasteiger partial charge >= 0.3 is 0 Å². The van der Waals surface area contributed by atoms with E-state index < -0.39 is 0 Å². The molecule has 0 unspecified atom stereocenters. The largest absolute Gasteiger partial charge is 0.493 e. The topological polar surface area (TPSA) is 60.4 Å². The summed E-state index contributed by atoms with van der Waals surface area (Å²) < 4.78 is 15.6. The van der Waals surface area contributed by atoms with Gasteiger partial charge in [0.05, 0.1) is 21.3 Å². The van der Waals surface area contributed by atoms with Gasteiger partial charge in [-0.15, -0.1) is 0 Å². The Labute approximate surface area is 119 Å². The first-order chi connectivity index (χ1) is 9.53. The summed E-state index contributed by atoms with van der Waals surface area (Å²) in [6, 6.07) is 3.16. The second-order valence-corrected chi connectivity index (χ2v) is 4.29. The fourth-order valence-electron chi connectivity index (χ4n) is 1.57. The van der Waals surface area contributed by atoms with E-state index in [0.29, 0.717) is 29.4 Å². The molecular formula is C14H20N2O4. The Balaban J connectivity index is 3.06. The van der Waals surface area contributed by atoms with Crippen LogP contribution in [0.1, 0.15) is 10.4 Å². The van der Waals surface area contributed by atoms with Crippen molar-refractivity contribution in [3.63, 3.8) is 0 Å². The van der Waals surface area contributed by atoms with E-state index in [1.54, 1.807) is 18.3 Å². The lowest BCUT2D eigenvalue weighted by Crippen LogP contribution is -2.14. The molecule has 0 N–H and O–H groups in total. The Kier molecular flexibility index (Phi) is 5.99. The van der Waals surface area contributed by atoms with Crippen LogP contribution < -0.4 is 14.2 Å². The second kappa shape index (κ2) is 7.49. The number of carbonyl (C=O) groups excluding carboxylic acids is 1. The molecule has 6 nitrogen and oxygen atoms in total. The van der Waals surface area contributed by atoms with Crippen LogP contribution in [0.3, 0.4) is 0 Å². The molecule has 0 fully saturated rings. The monoisotopic (exact) mass is 280 g/mol. The number of hydrogen-bond donors (Lipinski definition) is 0. The van der Waals surface area contributed by atoms with E-state index in [4.69, 9.17) is 14.2 Å². The van der Waals surface area contributed by atoms with Crippen molar-refractivity contribution in [2.45, 2.75) is 0 Å². The highest BCUT2D eigenvalue weighted by Crippen LogP contribution is 2.38. The van der Waals surface area contributed by atoms with Crippen molar-refractivity contribution in [2.75, 3.05) is 42.0 Å². The summed E-state index contributed by atoms with van der Waals surface area (Å²) >= 11 is 0. The highest BCUT2D eigenvalue weighted by atomic mass is 16.5. The van der Waals surface area contributed by atoms with Gasteiger partial charge in [0.1, 0.15) is 0 Å². The quantitative estimate of drug-likeness (QED) is 0.739. The zero-order chi connectivity index (χ0) is 15.1. The maximum Gasteiger partial charge on any atom is 0.276 e. The van der Waals surface area contributed by atoms with Crippen LogP contribution in [0.15, 0.2) is 17.1 Å². The van der Waals surface area contributed by atoms with Crippen LogP contribution in [-0.2, 0) is 0 Å². The molecule has 0 spiro atoms. The first kappa shape index (κ1) is 16.0. The summed E-state index contributed by atoms with van der Waals surface area (Å²) in [5.41, 5.74) is 0.384. The van der Waals surface area contributed by atoms with Crippen molar-refractivity contribution in [2.24, 2.45) is 4.99 Å². The Morgan fingerprint density at radius 1 is 1.15 bits per heavy atom. The lowest BCUT2D eigenvalue weighted by atomic mass is 10.1. The Morgan fingerprint density at radius 3 is 2.10 bits per heavy atom. The zero-order valence-corrected chi connectivity index (χ0v) is 12.5. The summed E-state index contributed by atoms with van der Waals surface area (Å²) in [4.78, 5) is 17.8. The number of benzene rings is 1. The standard InChI is InChI=1S/C14H20N2O4/c1-16(2)7-6-15-14(17)10-8-11(18-3)13(20-5)12(9-10)19-4/h6,8-9H,7H2,1-5H3. The molecular weight excluding hydrogens is 260 g/mol. The number of hydrogen-bond acceptors (Lipinski definition) is 5. The maximum atomic E-state index is 12.0. The van der Waals surface area contributed by atoms with Crippen molar-refractivity contribution in [3.8, 4) is 17.2 Å². The van der Waals surface area contributed by atoms with Gasteiger partial charge in [0.25, 0.3) is 5.91 Å². The van der Waals surface area contributed by atoms with Gasteiger partial charge in [-0.25, -0.2) is 4.99 Å². The second-order valence-electron chi connectivity index (χ2n) is 4.29. The number of aliphatic imine (C=N–C) groups is 1. The van der Waals surface area contributed by atoms with Crippen LogP contribution in [-0.4, -0.2) is 59.0 Å². The van der Waals surface area contributed by atoms with Gasteiger partial charge in [0, 0.05) is 18.3 Å². The minimum Gasteiger partial charge on any atom is -0.493 e. The molecule has 110 valence electrons. The van der Waals surface area contributed by atoms with Gasteiger partial charge in [-0.2, -0.15) is 0 Å². The van der Waals surface area contributed by atoms with Crippen molar-refractivity contribution in [3.05, 3.63) is 17.7 Å². The van der Waals surface area contributed by atoms with Crippen LogP contribution >= 0.6 is 0 Å². The van der Waals surface area contributed by atoms with E-state index in [1.165, 1.54) is 21.3 Å². The molecule has 0 aliphatic carbocycles. The van der Waals surface area contributed by atoms with Crippen molar-refractivity contribution in [1.82, 2.24) is 4.90 Å². The lowest BCUT2D eigenvalue weighted by molar-refractivity contribution is 0.100. The number of methoxy groups -OCH3 is 3. The molecule has 1 aromatic rings. The molecule has 0 saturated heterocycles. The molecule has 0 atom stereocenters. The molecule has 0 aliphatic heterocycles. The number of carbonyl (C=O) groups is 1. The maximum absolute atomic E-state index is 12.0. The molecule has 0 radical (unpaired) electrons. The van der Waals surface area contributed by atoms with E-state index >= 15 is 0 Å². The SMILES string of the molecule is COc1cc(C(=O)N=CCN(C)C)cc(OC)c1OC. The summed E-state index contributed by atoms with van der Waals surface area (Å²) in [6.45, 7) is 0.593. The van der Waals surface area contributed by atoms with Gasteiger partial charge in [-0.05, 0) is 26.2 Å². The highest BCUT2D eigenvalue weighted by molar-refractivity contribution is 6.00. The average molecular weight is 280 g/mol. The third kappa shape index (κ3) is 3.96. The molecule has 0 aliphatic rings. The molecule has 0 aromatic heterocycles. The third-order valence-electron chi connectivity index (χ3n) is 2.57. The van der Waals surface area contributed by atoms with Crippen molar-refractivity contribution in [1.29, 1.82) is 0 Å². The van der Waals surface area contributed by atoms with E-state index in [9.17, 15) is 4.79 Å². The van der Waals surface area contributed by atoms with Crippen LogP contribution in [0.2, 0.25) is 0 Å². The first-order valence-corrected chi connectivity index (χ1v) is 6.05. The predicted molar refractivity (Wildman–Crippen MR) is 77.5 cm³/mol. The molecule has 1 rings (SSSR count). The predicted octanol–water partition coefficient (Wildman–Crippen LogP) is 1.48. The van der Waals surface area contributed by atoms with E-state index in [0.717, 1.165) is 0 Å². The first-order valence-electron chi connectivity index (χ1n) is 6.05. The normalized spacial score (nSPS) is 10.9. The Morgan fingerprint density at radius 2 is 1.70 bits per heavy atom. The minimum absolute atomic E-state index is 0.355. The van der Waals surface area contributed by atoms with Crippen molar-refractivity contribution >= 4 is 12.1 Å². The Hall–Kier alpha value is -2.08. The summed E-state index contributed by atoms with van der Waals surface area (Å²) in [6.07, 6.45) is 1.56. The number of amides is 1. The number of rotatable bonds is 6. The zero-order valence-electron chi connectivity index (χ0n) is 12.5. The number of ether oxygens (including phenoxy) is 3. The van der Waals surface area contributed by atoms with Gasteiger partial charge in [-0.3, -0.25) is 4.79 Å². The molecule has 0 bridgehead atoms. The summed E-state index contributed by atoms with van der Waals surface area (Å²) in [7, 11) is 8.31. The van der Waals surface area contributed by atoms with Gasteiger partial charge < -0.3 is 19.1 Å². The molecule has 0 saturated carbocycles. The van der Waals surface area contributed by atoms with Crippen LogP contribution in [0.4, 0.5) is 0 Å². The molecule has 0 heterocycles. The Bertz CT molecular complexity index is 473. The lowest BCUT2D eigenvalue weighted by Gasteiger charge is -2.12.